The van der Waals surface area contributed by atoms with Crippen LogP contribution >= 0.6 is 0 Å². The number of hydrogen-bond donors (Lipinski definition) is 1. The number of aliphatic hydroxyl groups is 1. The van der Waals surface area contributed by atoms with E-state index in [1.54, 1.807) is 0 Å². The maximum Gasteiger partial charge on any atom is 0.122 e. The molecule has 1 saturated heterocycles. The molecule has 2 atom stereocenters. The maximum absolute atomic E-state index is 10.1. The summed E-state index contributed by atoms with van der Waals surface area (Å²) >= 11 is 0. The Morgan fingerprint density at radius 1 is 1.35 bits per heavy atom. The van der Waals surface area contributed by atoms with Crippen molar-refractivity contribution in [2.24, 2.45) is 5.92 Å². The number of benzene rings is 1. The summed E-state index contributed by atoms with van der Waals surface area (Å²) in [7, 11) is 0. The molecule has 2 rings (SSSR count). The van der Waals surface area contributed by atoms with Crippen LogP contribution in [0.15, 0.2) is 24.3 Å². The molecule has 0 radical (unpaired) electrons. The lowest BCUT2D eigenvalue weighted by molar-refractivity contribution is 0.0744. The minimum atomic E-state index is -0.416. The van der Waals surface area contributed by atoms with Gasteiger partial charge in [-0.05, 0) is 36.4 Å². The molecular weight excluding hydrogens is 250 g/mol. The van der Waals surface area contributed by atoms with Gasteiger partial charge in [-0.25, -0.2) is 0 Å². The second kappa shape index (κ2) is 7.09. The molecule has 1 aromatic rings. The van der Waals surface area contributed by atoms with Gasteiger partial charge >= 0.3 is 0 Å². The number of β-amino-alcohol motifs (C(OH)–C–C–N with tert-alkyl or cyclic N) is 1. The van der Waals surface area contributed by atoms with Crippen LogP contribution in [0.1, 0.15) is 38.7 Å². The van der Waals surface area contributed by atoms with E-state index in [2.05, 4.69) is 31.7 Å². The fraction of sp³-hybridized carbons (Fsp3) is 0.647. The van der Waals surface area contributed by atoms with Gasteiger partial charge in [0.1, 0.15) is 18.5 Å². The summed E-state index contributed by atoms with van der Waals surface area (Å²) in [5.41, 5.74) is 1.20. The zero-order valence-corrected chi connectivity index (χ0v) is 12.9. The molecule has 0 spiro atoms. The minimum Gasteiger partial charge on any atom is -0.491 e. The van der Waals surface area contributed by atoms with E-state index in [9.17, 15) is 5.11 Å². The van der Waals surface area contributed by atoms with Crippen LogP contribution < -0.4 is 4.74 Å². The fourth-order valence-electron chi connectivity index (χ4n) is 2.82. The largest absolute Gasteiger partial charge is 0.491 e. The predicted molar refractivity (Wildman–Crippen MR) is 82.3 cm³/mol. The molecule has 1 N–H and O–H groups in total. The number of para-hydroxylation sites is 1. The molecule has 0 amide bonds. The third kappa shape index (κ3) is 4.22. The Morgan fingerprint density at radius 2 is 2.10 bits per heavy atom. The van der Waals surface area contributed by atoms with Gasteiger partial charge in [-0.2, -0.15) is 0 Å². The highest BCUT2D eigenvalue weighted by atomic mass is 16.5. The van der Waals surface area contributed by atoms with Crippen LogP contribution in [0.25, 0.3) is 0 Å². The number of rotatable bonds is 6. The summed E-state index contributed by atoms with van der Waals surface area (Å²) in [5, 5.41) is 10.1. The maximum atomic E-state index is 10.1. The zero-order chi connectivity index (χ0) is 14.5. The molecule has 0 saturated carbocycles. The molecule has 3 nitrogen and oxygen atoms in total. The average molecular weight is 277 g/mol. The van der Waals surface area contributed by atoms with Crippen molar-refractivity contribution in [3.05, 3.63) is 29.8 Å². The number of hydrogen-bond acceptors (Lipinski definition) is 3. The molecule has 1 aliphatic heterocycles. The van der Waals surface area contributed by atoms with Crippen molar-refractivity contribution in [1.29, 1.82) is 0 Å². The van der Waals surface area contributed by atoms with E-state index in [1.165, 1.54) is 12.0 Å². The Balaban J connectivity index is 1.82. The number of nitrogens with zero attached hydrogens (tertiary/aromatic N) is 1. The first kappa shape index (κ1) is 15.3. The highest BCUT2D eigenvalue weighted by Crippen LogP contribution is 2.26. The van der Waals surface area contributed by atoms with Gasteiger partial charge in [-0.15, -0.1) is 0 Å². The van der Waals surface area contributed by atoms with Crippen LogP contribution in [0.3, 0.4) is 0 Å². The highest BCUT2D eigenvalue weighted by molar-refractivity contribution is 5.35. The molecule has 3 heteroatoms. The molecular formula is C17H27NO2. The van der Waals surface area contributed by atoms with Crippen molar-refractivity contribution >= 4 is 0 Å². The molecule has 1 aliphatic rings. The van der Waals surface area contributed by atoms with E-state index < -0.39 is 6.10 Å². The van der Waals surface area contributed by atoms with Crippen molar-refractivity contribution in [3.8, 4) is 5.75 Å². The summed E-state index contributed by atoms with van der Waals surface area (Å²) in [6.07, 6.45) is 0.824. The summed E-state index contributed by atoms with van der Waals surface area (Å²) < 4.78 is 5.82. The van der Waals surface area contributed by atoms with Gasteiger partial charge in [0.2, 0.25) is 0 Å². The minimum absolute atomic E-state index is 0.370. The van der Waals surface area contributed by atoms with E-state index in [1.807, 2.05) is 18.2 Å². The predicted octanol–water partition coefficient (Wildman–Crippen LogP) is 2.89. The van der Waals surface area contributed by atoms with Crippen LogP contribution in [0, 0.1) is 5.92 Å². The Hall–Kier alpha value is -1.06. The molecule has 0 aliphatic carbocycles. The van der Waals surface area contributed by atoms with Crippen LogP contribution in [0.4, 0.5) is 0 Å². The average Bonchev–Trinajstić information content (AvgIpc) is 2.82. The molecule has 1 heterocycles. The van der Waals surface area contributed by atoms with Crippen molar-refractivity contribution in [3.63, 3.8) is 0 Å². The van der Waals surface area contributed by atoms with Gasteiger partial charge in [-0.3, -0.25) is 0 Å². The van der Waals surface area contributed by atoms with Gasteiger partial charge in [0.05, 0.1) is 0 Å². The van der Waals surface area contributed by atoms with Gasteiger partial charge < -0.3 is 14.7 Å². The SMILES string of the molecule is CC1CCN(CC(O)COc2ccccc2C(C)C)C1. The lowest BCUT2D eigenvalue weighted by atomic mass is 10.0. The molecule has 1 aromatic carbocycles. The standard InChI is InChI=1S/C17H27NO2/c1-13(2)16-6-4-5-7-17(16)20-12-15(19)11-18-9-8-14(3)10-18/h4-7,13-15,19H,8-12H2,1-3H3. The van der Waals surface area contributed by atoms with Crippen molar-refractivity contribution < 1.29 is 9.84 Å². The lowest BCUT2D eigenvalue weighted by Crippen LogP contribution is -2.34. The third-order valence-electron chi connectivity index (χ3n) is 3.95. The summed E-state index contributed by atoms with van der Waals surface area (Å²) in [6.45, 7) is 9.86. The van der Waals surface area contributed by atoms with Crippen molar-refractivity contribution in [1.82, 2.24) is 4.90 Å². The number of aliphatic hydroxyl groups excluding tert-OH is 1. The molecule has 1 fully saturated rings. The van der Waals surface area contributed by atoms with Gasteiger partial charge in [-0.1, -0.05) is 39.0 Å². The van der Waals surface area contributed by atoms with Crippen molar-refractivity contribution in [2.45, 2.75) is 39.2 Å². The van der Waals surface area contributed by atoms with E-state index in [-0.39, 0.29) is 0 Å². The molecule has 20 heavy (non-hydrogen) atoms. The smallest absolute Gasteiger partial charge is 0.122 e. The molecule has 0 aromatic heterocycles. The lowest BCUT2D eigenvalue weighted by Gasteiger charge is -2.21. The summed E-state index contributed by atoms with van der Waals surface area (Å²) in [5.74, 6) is 2.09. The monoisotopic (exact) mass is 277 g/mol. The van der Waals surface area contributed by atoms with E-state index in [4.69, 9.17) is 4.74 Å². The van der Waals surface area contributed by atoms with E-state index in [0.29, 0.717) is 19.1 Å². The first-order valence-electron chi connectivity index (χ1n) is 7.68. The summed E-state index contributed by atoms with van der Waals surface area (Å²) in [6, 6.07) is 8.09. The normalized spacial score (nSPS) is 21.4. The Labute approximate surface area is 122 Å². The molecule has 0 bridgehead atoms. The fourth-order valence-corrected chi connectivity index (χ4v) is 2.82. The van der Waals surface area contributed by atoms with Crippen LogP contribution in [0.5, 0.6) is 5.75 Å². The Bertz CT molecular complexity index is 419. The second-order valence-corrected chi connectivity index (χ2v) is 6.31. The topological polar surface area (TPSA) is 32.7 Å². The zero-order valence-electron chi connectivity index (χ0n) is 12.9. The Kier molecular flexibility index (Phi) is 5.44. The third-order valence-corrected chi connectivity index (χ3v) is 3.95. The quantitative estimate of drug-likeness (QED) is 0.868. The van der Waals surface area contributed by atoms with Crippen LogP contribution in [-0.4, -0.2) is 42.4 Å². The molecule has 2 unspecified atom stereocenters. The first-order valence-corrected chi connectivity index (χ1v) is 7.68. The summed E-state index contributed by atoms with van der Waals surface area (Å²) in [4.78, 5) is 2.33. The first-order chi connectivity index (χ1) is 9.56. The van der Waals surface area contributed by atoms with Gasteiger partial charge in [0.15, 0.2) is 0 Å². The number of likely N-dealkylation sites (tertiary alicyclic amines) is 1. The number of ether oxygens (including phenoxy) is 1. The van der Waals surface area contributed by atoms with E-state index >= 15 is 0 Å². The van der Waals surface area contributed by atoms with Gasteiger partial charge in [0.25, 0.3) is 0 Å². The van der Waals surface area contributed by atoms with Gasteiger partial charge in [0, 0.05) is 13.1 Å². The Morgan fingerprint density at radius 3 is 2.75 bits per heavy atom. The van der Waals surface area contributed by atoms with Crippen LogP contribution in [-0.2, 0) is 0 Å². The van der Waals surface area contributed by atoms with E-state index in [0.717, 1.165) is 24.8 Å². The highest BCUT2D eigenvalue weighted by Gasteiger charge is 2.21. The van der Waals surface area contributed by atoms with Crippen molar-refractivity contribution in [2.75, 3.05) is 26.2 Å². The second-order valence-electron chi connectivity index (χ2n) is 6.31. The van der Waals surface area contributed by atoms with Crippen LogP contribution in [0.2, 0.25) is 0 Å². The molecule has 112 valence electrons.